The molecule has 0 bridgehead atoms. The number of hydrogen-bond donors (Lipinski definition) is 1. The largest absolute Gasteiger partial charge is 0.301 e. The van der Waals surface area contributed by atoms with E-state index in [1.165, 1.54) is 22.1 Å². The average Bonchev–Trinajstić information content (AvgIpc) is 2.39. The van der Waals surface area contributed by atoms with Crippen molar-refractivity contribution in [3.63, 3.8) is 0 Å². The number of benzene rings is 2. The fraction of sp³-hybridized carbons (Fsp3) is 0.333. The fourth-order valence-electron chi connectivity index (χ4n) is 2.37. The lowest BCUT2D eigenvalue weighted by molar-refractivity contribution is 0.531. The molecule has 1 nitrogen and oxygen atoms in total. The highest BCUT2D eigenvalue weighted by atomic mass is 32.2. The summed E-state index contributed by atoms with van der Waals surface area (Å²) in [6.07, 6.45) is 0. The first-order chi connectivity index (χ1) is 8.34. The molecule has 0 radical (unpaired) electrons. The third-order valence-electron chi connectivity index (χ3n) is 3.30. The van der Waals surface area contributed by atoms with Crippen LogP contribution < -0.4 is 5.32 Å². The normalized spacial score (nSPS) is 25.0. The van der Waals surface area contributed by atoms with Gasteiger partial charge in [0, 0.05) is 0 Å². The van der Waals surface area contributed by atoms with Gasteiger partial charge in [0.1, 0.15) is 0 Å². The van der Waals surface area contributed by atoms with Crippen LogP contribution in [0.4, 0.5) is 0 Å². The molecular formula is C15H17NS. The molecule has 0 aromatic heterocycles. The van der Waals surface area contributed by atoms with E-state index in [1.54, 1.807) is 0 Å². The van der Waals surface area contributed by atoms with E-state index in [4.69, 9.17) is 0 Å². The van der Waals surface area contributed by atoms with E-state index in [0.29, 0.717) is 5.37 Å². The van der Waals surface area contributed by atoms with Crippen molar-refractivity contribution in [3.8, 4) is 0 Å². The van der Waals surface area contributed by atoms with Gasteiger partial charge in [0.25, 0.3) is 0 Å². The van der Waals surface area contributed by atoms with Gasteiger partial charge >= 0.3 is 0 Å². The molecule has 2 atom stereocenters. The number of thioether (sulfide) groups is 1. The predicted octanol–water partition coefficient (Wildman–Crippen LogP) is 3.81. The molecule has 0 spiro atoms. The van der Waals surface area contributed by atoms with E-state index in [0.717, 1.165) is 12.5 Å². The summed E-state index contributed by atoms with van der Waals surface area (Å²) >= 11 is 2.03. The van der Waals surface area contributed by atoms with Gasteiger partial charge in [-0.15, -0.1) is 11.8 Å². The van der Waals surface area contributed by atoms with Gasteiger partial charge in [-0.1, -0.05) is 49.4 Å². The van der Waals surface area contributed by atoms with Crippen LogP contribution in [-0.4, -0.2) is 12.3 Å². The molecular weight excluding hydrogens is 226 g/mol. The Bertz CT molecular complexity index is 510. The summed E-state index contributed by atoms with van der Waals surface area (Å²) in [5.74, 6) is 2.03. The molecule has 1 N–H and O–H groups in total. The Morgan fingerprint density at radius 2 is 1.94 bits per heavy atom. The highest BCUT2D eigenvalue weighted by molar-refractivity contribution is 7.99. The Kier molecular flexibility index (Phi) is 3.08. The van der Waals surface area contributed by atoms with Gasteiger partial charge < -0.3 is 5.32 Å². The topological polar surface area (TPSA) is 12.0 Å². The summed E-state index contributed by atoms with van der Waals surface area (Å²) in [6, 6.07) is 15.3. The van der Waals surface area contributed by atoms with E-state index in [2.05, 4.69) is 54.7 Å². The van der Waals surface area contributed by atoms with Gasteiger partial charge in [0.05, 0.1) is 5.37 Å². The minimum atomic E-state index is 0.456. The second kappa shape index (κ2) is 4.71. The van der Waals surface area contributed by atoms with Crippen LogP contribution >= 0.6 is 11.8 Å². The van der Waals surface area contributed by atoms with Crippen LogP contribution in [0.2, 0.25) is 0 Å². The molecule has 1 saturated heterocycles. The first-order valence-corrected chi connectivity index (χ1v) is 7.22. The molecule has 1 aliphatic heterocycles. The van der Waals surface area contributed by atoms with Crippen molar-refractivity contribution in [2.75, 3.05) is 12.3 Å². The summed E-state index contributed by atoms with van der Waals surface area (Å²) in [5.41, 5.74) is 1.43. The van der Waals surface area contributed by atoms with Gasteiger partial charge in [0.15, 0.2) is 0 Å². The molecule has 0 amide bonds. The SMILES string of the molecule is CC1CNC(c2cccc3ccccc23)SC1. The number of rotatable bonds is 1. The summed E-state index contributed by atoms with van der Waals surface area (Å²) in [7, 11) is 0. The monoisotopic (exact) mass is 243 g/mol. The number of fused-ring (bicyclic) bond motifs is 1. The Labute approximate surface area is 107 Å². The van der Waals surface area contributed by atoms with E-state index in [1.807, 2.05) is 11.8 Å². The van der Waals surface area contributed by atoms with Crippen molar-refractivity contribution in [1.82, 2.24) is 5.32 Å². The third kappa shape index (κ3) is 2.20. The summed E-state index contributed by atoms with van der Waals surface area (Å²) < 4.78 is 0. The van der Waals surface area contributed by atoms with Crippen molar-refractivity contribution in [3.05, 3.63) is 48.0 Å². The van der Waals surface area contributed by atoms with Gasteiger partial charge in [-0.05, 0) is 34.6 Å². The van der Waals surface area contributed by atoms with Crippen molar-refractivity contribution < 1.29 is 0 Å². The molecule has 2 heteroatoms. The van der Waals surface area contributed by atoms with Crippen LogP contribution in [0.15, 0.2) is 42.5 Å². The lowest BCUT2D eigenvalue weighted by Gasteiger charge is -2.28. The summed E-state index contributed by atoms with van der Waals surface area (Å²) in [6.45, 7) is 3.43. The van der Waals surface area contributed by atoms with Gasteiger partial charge in [-0.2, -0.15) is 0 Å². The maximum absolute atomic E-state index is 3.64. The van der Waals surface area contributed by atoms with Crippen LogP contribution in [0.5, 0.6) is 0 Å². The Morgan fingerprint density at radius 3 is 2.76 bits per heavy atom. The zero-order valence-electron chi connectivity index (χ0n) is 10.0. The van der Waals surface area contributed by atoms with E-state index >= 15 is 0 Å². The maximum atomic E-state index is 3.64. The molecule has 0 aliphatic carbocycles. The van der Waals surface area contributed by atoms with Crippen molar-refractivity contribution in [1.29, 1.82) is 0 Å². The molecule has 1 aliphatic rings. The molecule has 1 heterocycles. The van der Waals surface area contributed by atoms with Gasteiger partial charge in [-0.3, -0.25) is 0 Å². The molecule has 1 fully saturated rings. The summed E-state index contributed by atoms with van der Waals surface area (Å²) in [4.78, 5) is 0. The van der Waals surface area contributed by atoms with Gasteiger partial charge in [0.2, 0.25) is 0 Å². The highest BCUT2D eigenvalue weighted by Crippen LogP contribution is 2.35. The van der Waals surface area contributed by atoms with Crippen molar-refractivity contribution >= 4 is 22.5 Å². The molecule has 0 saturated carbocycles. The molecule has 2 unspecified atom stereocenters. The quantitative estimate of drug-likeness (QED) is 0.817. The number of nitrogens with one attached hydrogen (secondary N) is 1. The molecule has 17 heavy (non-hydrogen) atoms. The lowest BCUT2D eigenvalue weighted by Crippen LogP contribution is -2.31. The molecule has 3 rings (SSSR count). The first kappa shape index (κ1) is 11.1. The van der Waals surface area contributed by atoms with Crippen molar-refractivity contribution in [2.45, 2.75) is 12.3 Å². The van der Waals surface area contributed by atoms with Gasteiger partial charge in [-0.25, -0.2) is 0 Å². The second-order valence-electron chi connectivity index (χ2n) is 4.80. The van der Waals surface area contributed by atoms with E-state index in [-0.39, 0.29) is 0 Å². The Morgan fingerprint density at radius 1 is 1.12 bits per heavy atom. The Balaban J connectivity index is 2.00. The maximum Gasteiger partial charge on any atom is 0.0795 e. The van der Waals surface area contributed by atoms with Crippen LogP contribution in [-0.2, 0) is 0 Å². The van der Waals surface area contributed by atoms with Crippen molar-refractivity contribution in [2.24, 2.45) is 5.92 Å². The van der Waals surface area contributed by atoms with E-state index < -0.39 is 0 Å². The zero-order valence-corrected chi connectivity index (χ0v) is 10.8. The lowest BCUT2D eigenvalue weighted by atomic mass is 10.0. The zero-order chi connectivity index (χ0) is 11.7. The summed E-state index contributed by atoms with van der Waals surface area (Å²) in [5, 5.41) is 6.82. The molecule has 2 aromatic carbocycles. The predicted molar refractivity (Wildman–Crippen MR) is 76.3 cm³/mol. The van der Waals surface area contributed by atoms with E-state index in [9.17, 15) is 0 Å². The fourth-order valence-corrected chi connectivity index (χ4v) is 3.60. The average molecular weight is 243 g/mol. The standard InChI is InChI=1S/C15H17NS/c1-11-9-16-15(17-10-11)14-8-4-6-12-5-2-3-7-13(12)14/h2-8,11,15-16H,9-10H2,1H3. The second-order valence-corrected chi connectivity index (χ2v) is 5.93. The minimum Gasteiger partial charge on any atom is -0.301 e. The first-order valence-electron chi connectivity index (χ1n) is 6.17. The van der Waals surface area contributed by atoms with Crippen LogP contribution in [0.1, 0.15) is 17.9 Å². The smallest absolute Gasteiger partial charge is 0.0795 e. The molecule has 88 valence electrons. The van der Waals surface area contributed by atoms with Crippen LogP contribution in [0.3, 0.4) is 0 Å². The van der Waals surface area contributed by atoms with Crippen LogP contribution in [0.25, 0.3) is 10.8 Å². The Hall–Kier alpha value is -0.990. The minimum absolute atomic E-state index is 0.456. The molecule has 2 aromatic rings. The number of hydrogen-bond acceptors (Lipinski definition) is 2. The van der Waals surface area contributed by atoms with Crippen LogP contribution in [0, 0.1) is 5.92 Å². The highest BCUT2D eigenvalue weighted by Gasteiger charge is 2.20. The third-order valence-corrected chi connectivity index (χ3v) is 4.82.